The van der Waals surface area contributed by atoms with Gasteiger partial charge in [-0.1, -0.05) is 23.7 Å². The number of pyridine rings is 1. The molecule has 10 nitrogen and oxygen atoms in total. The second-order valence-corrected chi connectivity index (χ2v) is 13.8. The van der Waals surface area contributed by atoms with Gasteiger partial charge in [0.25, 0.3) is 0 Å². The minimum Gasteiger partial charge on any atom is -0.462 e. The highest BCUT2D eigenvalue weighted by Crippen LogP contribution is 2.46. The third-order valence-electron chi connectivity index (χ3n) is 9.49. The number of hydrogen-bond donors (Lipinski definition) is 2. The zero-order valence-electron chi connectivity index (χ0n) is 26.5. The Bertz CT molecular complexity index is 2110. The van der Waals surface area contributed by atoms with E-state index in [1.54, 1.807) is 18.3 Å². The van der Waals surface area contributed by atoms with Crippen LogP contribution in [0.15, 0.2) is 36.5 Å². The summed E-state index contributed by atoms with van der Waals surface area (Å²) < 4.78 is 44.2. The van der Waals surface area contributed by atoms with Crippen LogP contribution in [-0.2, 0) is 4.74 Å². The van der Waals surface area contributed by atoms with Gasteiger partial charge >= 0.3 is 6.01 Å². The molecule has 0 bridgehead atoms. The largest absolute Gasteiger partial charge is 0.462 e. The molecule has 0 amide bonds. The molecule has 2 aliphatic heterocycles. The van der Waals surface area contributed by atoms with E-state index in [4.69, 9.17) is 37.5 Å². The Morgan fingerprint density at radius 1 is 1.25 bits per heavy atom. The van der Waals surface area contributed by atoms with Crippen LogP contribution in [0.25, 0.3) is 32.1 Å². The van der Waals surface area contributed by atoms with E-state index >= 15 is 4.39 Å². The Morgan fingerprint density at radius 2 is 2.06 bits per heavy atom. The average Bonchev–Trinajstić information content (AvgIpc) is 3.64. The van der Waals surface area contributed by atoms with Gasteiger partial charge in [0.05, 0.1) is 34.0 Å². The van der Waals surface area contributed by atoms with E-state index in [1.165, 1.54) is 12.1 Å². The van der Waals surface area contributed by atoms with Crippen LogP contribution in [-0.4, -0.2) is 64.8 Å². The highest BCUT2D eigenvalue weighted by Gasteiger charge is 2.38. The Kier molecular flexibility index (Phi) is 8.45. The van der Waals surface area contributed by atoms with Gasteiger partial charge in [-0.2, -0.15) is 15.2 Å². The van der Waals surface area contributed by atoms with Crippen molar-refractivity contribution >= 4 is 60.6 Å². The SMILES string of the molecule is C[C@@H]1CN2[C@@H](COc3nc(N(C)[C@H](C)c4cccnc4N)c4cc(Cl)c(-c5ccc(F)c6sc(N)c(C#N)c56)c(F)c4n3)CC[C@@H]2CO1. The number of nitriles is 1. The fraction of sp³-hybridized carbons (Fsp3) is 0.353. The molecule has 7 rings (SSSR count). The van der Waals surface area contributed by atoms with E-state index in [2.05, 4.69) is 21.8 Å². The topological polar surface area (TPSA) is 139 Å². The Labute approximate surface area is 284 Å². The van der Waals surface area contributed by atoms with E-state index in [9.17, 15) is 9.65 Å². The molecule has 5 aromatic rings. The van der Waals surface area contributed by atoms with Crippen molar-refractivity contribution in [3.63, 3.8) is 0 Å². The number of aromatic nitrogens is 3. The number of nitrogens with two attached hydrogens (primary N) is 2. The molecule has 0 spiro atoms. The van der Waals surface area contributed by atoms with E-state index in [-0.39, 0.29) is 66.5 Å². The van der Waals surface area contributed by atoms with Gasteiger partial charge in [0.15, 0.2) is 5.82 Å². The molecule has 0 radical (unpaired) electrons. The molecule has 2 fully saturated rings. The van der Waals surface area contributed by atoms with Crippen molar-refractivity contribution in [2.45, 2.75) is 50.9 Å². The number of hydrogen-bond acceptors (Lipinski definition) is 11. The lowest BCUT2D eigenvalue weighted by Gasteiger charge is -2.37. The first-order valence-corrected chi connectivity index (χ1v) is 16.8. The number of rotatable bonds is 7. The monoisotopic (exact) mass is 690 g/mol. The van der Waals surface area contributed by atoms with Crippen LogP contribution in [0.3, 0.4) is 0 Å². The summed E-state index contributed by atoms with van der Waals surface area (Å²) in [5, 5.41) is 10.6. The van der Waals surface area contributed by atoms with Gasteiger partial charge in [-0.05, 0) is 50.5 Å². The van der Waals surface area contributed by atoms with Gasteiger partial charge in [0, 0.05) is 53.8 Å². The number of ether oxygens (including phenoxy) is 2. The van der Waals surface area contributed by atoms with Gasteiger partial charge < -0.3 is 25.8 Å². The second-order valence-electron chi connectivity index (χ2n) is 12.3. The second kappa shape index (κ2) is 12.6. The first-order chi connectivity index (χ1) is 23.1. The van der Waals surface area contributed by atoms with Crippen molar-refractivity contribution in [2.24, 2.45) is 0 Å². The molecule has 0 aliphatic carbocycles. The van der Waals surface area contributed by atoms with Crippen LogP contribution >= 0.6 is 22.9 Å². The number of nitrogens with zero attached hydrogens (tertiary/aromatic N) is 6. The molecule has 4 atom stereocenters. The van der Waals surface area contributed by atoms with E-state index < -0.39 is 11.6 Å². The number of nitrogen functional groups attached to an aromatic ring is 2. The smallest absolute Gasteiger partial charge is 0.319 e. The summed E-state index contributed by atoms with van der Waals surface area (Å²) in [6.07, 6.45) is 3.66. The van der Waals surface area contributed by atoms with Crippen LogP contribution in [0.1, 0.15) is 43.9 Å². The van der Waals surface area contributed by atoms with E-state index in [0.29, 0.717) is 36.3 Å². The van der Waals surface area contributed by atoms with Gasteiger partial charge in [0.1, 0.15) is 40.6 Å². The third kappa shape index (κ3) is 5.42. The van der Waals surface area contributed by atoms with E-state index in [1.807, 2.05) is 31.0 Å². The fourth-order valence-corrected chi connectivity index (χ4v) is 8.13. The number of benzene rings is 2. The summed E-state index contributed by atoms with van der Waals surface area (Å²) in [5.74, 6) is -0.613. The van der Waals surface area contributed by atoms with Crippen molar-refractivity contribution in [1.29, 1.82) is 5.26 Å². The molecule has 5 heterocycles. The van der Waals surface area contributed by atoms with Crippen molar-refractivity contribution < 1.29 is 18.3 Å². The molecule has 14 heteroatoms. The molecule has 4 N–H and O–H groups in total. The minimum atomic E-state index is -0.766. The standard InChI is InChI=1S/C34H33ClF2N8O2S/c1-16-13-45-18(14-46-16)6-7-19(45)15-47-34-42-29-22(33(43-34)44(3)17(2)20-5-4-10-41-31(20)39)11-24(35)27(28(29)37)21-8-9-25(36)30-26(21)23(12-38)32(40)48-30/h4-5,8-11,16-19H,6-7,13-15,40H2,1-3H3,(H2,39,41)/t16-,17-,18-,19-/m1/s1. The predicted octanol–water partition coefficient (Wildman–Crippen LogP) is 6.70. The fourth-order valence-electron chi connectivity index (χ4n) is 6.89. The van der Waals surface area contributed by atoms with Crippen molar-refractivity contribution in [3.05, 3.63) is 64.3 Å². The van der Waals surface area contributed by atoms with Crippen molar-refractivity contribution in [3.8, 4) is 23.2 Å². The quantitative estimate of drug-likeness (QED) is 0.190. The number of anilines is 3. The van der Waals surface area contributed by atoms with Gasteiger partial charge in [-0.15, -0.1) is 11.3 Å². The van der Waals surface area contributed by atoms with Crippen LogP contribution < -0.4 is 21.1 Å². The van der Waals surface area contributed by atoms with Crippen molar-refractivity contribution in [1.82, 2.24) is 19.9 Å². The maximum Gasteiger partial charge on any atom is 0.319 e. The lowest BCUT2D eigenvalue weighted by Crippen LogP contribution is -2.49. The summed E-state index contributed by atoms with van der Waals surface area (Å²) in [4.78, 5) is 17.9. The maximum absolute atomic E-state index is 17.0. The number of halogens is 3. The zero-order chi connectivity index (χ0) is 33.9. The highest BCUT2D eigenvalue weighted by atomic mass is 35.5. The Balaban J connectivity index is 1.37. The maximum atomic E-state index is 17.0. The lowest BCUT2D eigenvalue weighted by atomic mass is 9.97. The normalized spacial score (nSPS) is 20.1. The predicted molar refractivity (Wildman–Crippen MR) is 184 cm³/mol. The van der Waals surface area contributed by atoms with Crippen LogP contribution in [0.2, 0.25) is 5.02 Å². The zero-order valence-corrected chi connectivity index (χ0v) is 28.1. The molecule has 48 heavy (non-hydrogen) atoms. The van der Waals surface area contributed by atoms with Crippen LogP contribution in [0.5, 0.6) is 6.01 Å². The molecule has 3 aromatic heterocycles. The number of morpholine rings is 1. The molecule has 0 unspecified atom stereocenters. The molecule has 0 saturated carbocycles. The Morgan fingerprint density at radius 3 is 2.83 bits per heavy atom. The van der Waals surface area contributed by atoms with Gasteiger partial charge in [-0.3, -0.25) is 4.90 Å². The number of thiophene rings is 1. The lowest BCUT2D eigenvalue weighted by molar-refractivity contribution is -0.0556. The van der Waals surface area contributed by atoms with Crippen LogP contribution in [0, 0.1) is 23.0 Å². The highest BCUT2D eigenvalue weighted by molar-refractivity contribution is 7.23. The summed E-state index contributed by atoms with van der Waals surface area (Å²) in [6.45, 7) is 5.79. The average molecular weight is 691 g/mol. The van der Waals surface area contributed by atoms with E-state index in [0.717, 1.165) is 36.3 Å². The molecular weight excluding hydrogens is 658 g/mol. The summed E-state index contributed by atoms with van der Waals surface area (Å²) in [6, 6.07) is 10.0. The third-order valence-corrected chi connectivity index (χ3v) is 10.8. The Hall–Kier alpha value is -4.35. The van der Waals surface area contributed by atoms with Gasteiger partial charge in [0.2, 0.25) is 0 Å². The van der Waals surface area contributed by atoms with Crippen molar-refractivity contribution in [2.75, 3.05) is 43.2 Å². The number of fused-ring (bicyclic) bond motifs is 3. The first-order valence-electron chi connectivity index (χ1n) is 15.6. The molecule has 2 aliphatic rings. The van der Waals surface area contributed by atoms with Crippen LogP contribution in [0.4, 0.5) is 25.4 Å². The molecule has 248 valence electrons. The minimum absolute atomic E-state index is 0.00520. The summed E-state index contributed by atoms with van der Waals surface area (Å²) in [7, 11) is 1.82. The summed E-state index contributed by atoms with van der Waals surface area (Å²) >= 11 is 7.78. The first kappa shape index (κ1) is 32.2. The molecular formula is C34H33ClF2N8O2S. The molecule has 2 saturated heterocycles. The van der Waals surface area contributed by atoms with Gasteiger partial charge in [-0.25, -0.2) is 13.8 Å². The molecule has 2 aromatic carbocycles. The summed E-state index contributed by atoms with van der Waals surface area (Å²) in [5.41, 5.74) is 13.3.